The van der Waals surface area contributed by atoms with E-state index < -0.39 is 0 Å². The minimum atomic E-state index is 0.0408. The lowest BCUT2D eigenvalue weighted by Crippen LogP contribution is -2.02. The molecule has 0 aromatic heterocycles. The fraction of sp³-hybridized carbons (Fsp3) is 0.613. The van der Waals surface area contributed by atoms with Gasteiger partial charge in [0.25, 0.3) is 0 Å². The molecule has 2 aromatic carbocycles. The van der Waals surface area contributed by atoms with Crippen molar-refractivity contribution in [2.45, 2.75) is 122 Å². The quantitative estimate of drug-likeness (QED) is 0.208. The topological polar surface area (TPSA) is 40.5 Å². The molecular weight excluding hydrogens is 404 g/mol. The van der Waals surface area contributed by atoms with Crippen molar-refractivity contribution in [1.82, 2.24) is 0 Å². The third kappa shape index (κ3) is 11.1. The molecule has 0 heterocycles. The van der Waals surface area contributed by atoms with E-state index in [0.717, 1.165) is 24.0 Å². The smallest absolute Gasteiger partial charge is 0.119 e. The van der Waals surface area contributed by atoms with Crippen LogP contribution in [-0.4, -0.2) is 10.2 Å². The van der Waals surface area contributed by atoms with Gasteiger partial charge in [-0.25, -0.2) is 0 Å². The van der Waals surface area contributed by atoms with E-state index >= 15 is 0 Å². The molecule has 2 aromatic rings. The van der Waals surface area contributed by atoms with Gasteiger partial charge in [-0.2, -0.15) is 0 Å². The minimum Gasteiger partial charge on any atom is -0.508 e. The summed E-state index contributed by atoms with van der Waals surface area (Å²) in [6.07, 6.45) is 22.8. The highest BCUT2D eigenvalue weighted by atomic mass is 16.3. The highest BCUT2D eigenvalue weighted by molar-refractivity contribution is 5.45. The zero-order valence-electron chi connectivity index (χ0n) is 21.1. The Bertz CT molecular complexity index is 694. The maximum absolute atomic E-state index is 10.4. The Morgan fingerprint density at radius 3 is 1.18 bits per heavy atom. The zero-order chi connectivity index (χ0) is 23.6. The first-order valence-electron chi connectivity index (χ1n) is 13.8. The molecule has 0 aliphatic carbocycles. The fourth-order valence-corrected chi connectivity index (χ4v) is 4.94. The Morgan fingerprint density at radius 1 is 0.485 bits per heavy atom. The molecule has 2 N–H and O–H groups in total. The normalized spacial score (nSPS) is 11.3. The molecule has 2 rings (SSSR count). The van der Waals surface area contributed by atoms with Gasteiger partial charge < -0.3 is 10.2 Å². The van der Waals surface area contributed by atoms with Crippen molar-refractivity contribution in [3.63, 3.8) is 0 Å². The molecule has 0 fully saturated rings. The Kier molecular flexibility index (Phi) is 14.5. The summed E-state index contributed by atoms with van der Waals surface area (Å²) in [5.41, 5.74) is 1.83. The number of benzene rings is 2. The molecule has 0 saturated heterocycles. The number of rotatable bonds is 19. The van der Waals surface area contributed by atoms with Crippen LogP contribution < -0.4 is 0 Å². The second-order valence-electron chi connectivity index (χ2n) is 9.76. The lowest BCUT2D eigenvalue weighted by atomic mass is 9.85. The molecular formula is C31H48O2. The summed E-state index contributed by atoms with van der Waals surface area (Å²) in [6.45, 7) is 2.28. The summed E-state index contributed by atoms with van der Waals surface area (Å²) in [5, 5.41) is 20.8. The van der Waals surface area contributed by atoms with Crippen LogP contribution >= 0.6 is 0 Å². The largest absolute Gasteiger partial charge is 0.508 e. The Hall–Kier alpha value is -1.96. The zero-order valence-corrected chi connectivity index (χ0v) is 21.1. The second-order valence-corrected chi connectivity index (χ2v) is 9.76. The highest BCUT2D eigenvalue weighted by Crippen LogP contribution is 2.38. The second kappa shape index (κ2) is 17.5. The number of phenols is 2. The van der Waals surface area contributed by atoms with E-state index in [1.54, 1.807) is 12.1 Å². The van der Waals surface area contributed by atoms with Gasteiger partial charge in [0, 0.05) is 17.0 Å². The first kappa shape index (κ1) is 27.3. The van der Waals surface area contributed by atoms with Crippen LogP contribution in [-0.2, 0) is 0 Å². The molecule has 2 nitrogen and oxygen atoms in total. The molecule has 0 amide bonds. The summed E-state index contributed by atoms with van der Waals surface area (Å²) in [5.74, 6) is 0.684. The predicted octanol–water partition coefficient (Wildman–Crippen LogP) is 9.88. The van der Waals surface area contributed by atoms with Crippen LogP contribution in [0.2, 0.25) is 0 Å². The number of phenolic OH excluding ortho intramolecular Hbond substituents is 2. The SMILES string of the molecule is CCCCCCCCCCCCCCCCCCC(c1ccccc1O)c1ccccc1O. The van der Waals surface area contributed by atoms with Crippen LogP contribution in [0, 0.1) is 0 Å². The number of para-hydroxylation sites is 2. The van der Waals surface area contributed by atoms with E-state index in [9.17, 15) is 10.2 Å². The predicted molar refractivity (Wildman–Crippen MR) is 142 cm³/mol. The van der Waals surface area contributed by atoms with Crippen molar-refractivity contribution in [3.8, 4) is 11.5 Å². The summed E-state index contributed by atoms with van der Waals surface area (Å²) < 4.78 is 0. The summed E-state index contributed by atoms with van der Waals surface area (Å²) in [4.78, 5) is 0. The lowest BCUT2D eigenvalue weighted by Gasteiger charge is -2.20. The average Bonchev–Trinajstić information content (AvgIpc) is 2.82. The van der Waals surface area contributed by atoms with Crippen LogP contribution in [0.25, 0.3) is 0 Å². The van der Waals surface area contributed by atoms with Crippen LogP contribution in [0.1, 0.15) is 133 Å². The van der Waals surface area contributed by atoms with Crippen LogP contribution in [0.5, 0.6) is 11.5 Å². The summed E-state index contributed by atoms with van der Waals surface area (Å²) in [7, 11) is 0. The van der Waals surface area contributed by atoms with E-state index in [0.29, 0.717) is 11.5 Å². The number of unbranched alkanes of at least 4 members (excludes halogenated alkanes) is 15. The van der Waals surface area contributed by atoms with E-state index in [4.69, 9.17) is 0 Å². The molecule has 0 aliphatic rings. The first-order valence-corrected chi connectivity index (χ1v) is 13.8. The number of aromatic hydroxyl groups is 2. The maximum atomic E-state index is 10.4. The minimum absolute atomic E-state index is 0.0408. The third-order valence-electron chi connectivity index (χ3n) is 6.97. The van der Waals surface area contributed by atoms with Gasteiger partial charge >= 0.3 is 0 Å². The molecule has 0 spiro atoms. The standard InChI is InChI=1S/C31H48O2/c1-2-3-4-5-6-7-8-9-10-11-12-13-14-15-16-17-22-27(28-23-18-20-25-30(28)32)29-24-19-21-26-31(29)33/h18-21,23-27,32-33H,2-17,22H2,1H3. The van der Waals surface area contributed by atoms with Crippen molar-refractivity contribution in [3.05, 3.63) is 59.7 Å². The fourth-order valence-electron chi connectivity index (χ4n) is 4.94. The van der Waals surface area contributed by atoms with Gasteiger partial charge in [0.05, 0.1) is 0 Å². The number of hydrogen-bond acceptors (Lipinski definition) is 2. The van der Waals surface area contributed by atoms with E-state index in [1.807, 2.05) is 36.4 Å². The van der Waals surface area contributed by atoms with Gasteiger partial charge in [-0.15, -0.1) is 0 Å². The van der Waals surface area contributed by atoms with Gasteiger partial charge in [0.2, 0.25) is 0 Å². The van der Waals surface area contributed by atoms with Crippen molar-refractivity contribution >= 4 is 0 Å². The maximum Gasteiger partial charge on any atom is 0.119 e. The summed E-state index contributed by atoms with van der Waals surface area (Å²) >= 11 is 0. The highest BCUT2D eigenvalue weighted by Gasteiger charge is 2.19. The molecule has 184 valence electrons. The van der Waals surface area contributed by atoms with Gasteiger partial charge in [-0.05, 0) is 18.6 Å². The van der Waals surface area contributed by atoms with Gasteiger partial charge in [0.1, 0.15) is 11.5 Å². The van der Waals surface area contributed by atoms with E-state index in [2.05, 4.69) is 6.92 Å². The van der Waals surface area contributed by atoms with Gasteiger partial charge in [-0.1, -0.05) is 146 Å². The molecule has 0 atom stereocenters. The van der Waals surface area contributed by atoms with Crippen LogP contribution in [0.3, 0.4) is 0 Å². The molecule has 33 heavy (non-hydrogen) atoms. The van der Waals surface area contributed by atoms with Crippen LogP contribution in [0.15, 0.2) is 48.5 Å². The van der Waals surface area contributed by atoms with Gasteiger partial charge in [-0.3, -0.25) is 0 Å². The van der Waals surface area contributed by atoms with E-state index in [-0.39, 0.29) is 5.92 Å². The monoisotopic (exact) mass is 452 g/mol. The van der Waals surface area contributed by atoms with Gasteiger partial charge in [0.15, 0.2) is 0 Å². The Labute approximate surface area is 203 Å². The van der Waals surface area contributed by atoms with Crippen molar-refractivity contribution < 1.29 is 10.2 Å². The lowest BCUT2D eigenvalue weighted by molar-refractivity contribution is 0.447. The van der Waals surface area contributed by atoms with Crippen molar-refractivity contribution in [2.24, 2.45) is 0 Å². The Morgan fingerprint density at radius 2 is 0.818 bits per heavy atom. The summed E-state index contributed by atoms with van der Waals surface area (Å²) in [6, 6.07) is 15.1. The molecule has 0 radical (unpaired) electrons. The van der Waals surface area contributed by atoms with Crippen molar-refractivity contribution in [1.29, 1.82) is 0 Å². The Balaban J connectivity index is 1.56. The molecule has 0 bridgehead atoms. The molecule has 0 saturated carbocycles. The molecule has 2 heteroatoms. The van der Waals surface area contributed by atoms with Crippen LogP contribution in [0.4, 0.5) is 0 Å². The van der Waals surface area contributed by atoms with Crippen molar-refractivity contribution in [2.75, 3.05) is 0 Å². The van der Waals surface area contributed by atoms with E-state index in [1.165, 1.54) is 96.3 Å². The molecule has 0 unspecified atom stereocenters. The average molecular weight is 453 g/mol. The molecule has 0 aliphatic heterocycles. The first-order chi connectivity index (χ1) is 16.2. The number of hydrogen-bond donors (Lipinski definition) is 2. The third-order valence-corrected chi connectivity index (χ3v) is 6.97.